The zero-order chi connectivity index (χ0) is 27.6. The predicted molar refractivity (Wildman–Crippen MR) is 162 cm³/mol. The fourth-order valence-corrected chi connectivity index (χ4v) is 5.65. The molecule has 1 saturated carbocycles. The van der Waals surface area contributed by atoms with E-state index in [2.05, 4.69) is 71.1 Å². The summed E-state index contributed by atoms with van der Waals surface area (Å²) in [6, 6.07) is 20.8. The lowest BCUT2D eigenvalue weighted by atomic mass is 9.98. The number of imidazole rings is 1. The Morgan fingerprint density at radius 1 is 1.05 bits per heavy atom. The summed E-state index contributed by atoms with van der Waals surface area (Å²) >= 11 is 0. The number of pyridine rings is 1. The van der Waals surface area contributed by atoms with Crippen molar-refractivity contribution < 1.29 is 5.11 Å². The van der Waals surface area contributed by atoms with Crippen molar-refractivity contribution in [2.75, 3.05) is 5.32 Å². The third-order valence-corrected chi connectivity index (χ3v) is 8.00. The number of hydrogen-bond acceptors (Lipinski definition) is 5. The molecule has 5 aromatic rings. The van der Waals surface area contributed by atoms with Crippen molar-refractivity contribution in [3.63, 3.8) is 0 Å². The Morgan fingerprint density at radius 2 is 1.88 bits per heavy atom. The van der Waals surface area contributed by atoms with Gasteiger partial charge in [0.25, 0.3) is 0 Å². The molecule has 1 atom stereocenters. The molecule has 1 fully saturated rings. The van der Waals surface area contributed by atoms with Gasteiger partial charge in [-0.15, -0.1) is 0 Å². The number of benzene rings is 2. The van der Waals surface area contributed by atoms with Crippen molar-refractivity contribution in [2.24, 2.45) is 5.92 Å². The molecule has 1 unspecified atom stereocenters. The van der Waals surface area contributed by atoms with Crippen LogP contribution in [0.2, 0.25) is 0 Å². The first-order valence-corrected chi connectivity index (χ1v) is 14.5. The van der Waals surface area contributed by atoms with Gasteiger partial charge in [-0.2, -0.15) is 0 Å². The number of fused-ring (bicyclic) bond motifs is 1. The van der Waals surface area contributed by atoms with E-state index >= 15 is 0 Å². The molecule has 0 spiro atoms. The van der Waals surface area contributed by atoms with E-state index in [-0.39, 0.29) is 5.75 Å². The average molecular weight is 532 g/mol. The first-order valence-electron chi connectivity index (χ1n) is 14.5. The molecule has 1 aliphatic carbocycles. The Morgan fingerprint density at radius 3 is 2.62 bits per heavy atom. The maximum Gasteiger partial charge on any atom is 0.223 e. The summed E-state index contributed by atoms with van der Waals surface area (Å²) in [5.74, 6) is 2.13. The molecule has 6 heteroatoms. The average Bonchev–Trinajstić information content (AvgIpc) is 3.73. The fourth-order valence-electron chi connectivity index (χ4n) is 5.65. The van der Waals surface area contributed by atoms with E-state index < -0.39 is 0 Å². The molecule has 0 bridgehead atoms. The van der Waals surface area contributed by atoms with Gasteiger partial charge in [0.2, 0.25) is 5.95 Å². The minimum Gasteiger partial charge on any atom is -0.508 e. The molecule has 204 valence electrons. The summed E-state index contributed by atoms with van der Waals surface area (Å²) in [6.07, 6.45) is 9.96. The maximum absolute atomic E-state index is 10.3. The zero-order valence-electron chi connectivity index (χ0n) is 23.6. The Bertz CT molecular complexity index is 1610. The first-order chi connectivity index (χ1) is 19.5. The summed E-state index contributed by atoms with van der Waals surface area (Å²) in [5.41, 5.74) is 9.26. The third kappa shape index (κ3) is 5.44. The summed E-state index contributed by atoms with van der Waals surface area (Å²) in [7, 11) is 0. The van der Waals surface area contributed by atoms with Crippen molar-refractivity contribution in [1.29, 1.82) is 0 Å². The summed E-state index contributed by atoms with van der Waals surface area (Å²) in [4.78, 5) is 14.5. The highest BCUT2D eigenvalue weighted by Crippen LogP contribution is 2.41. The molecule has 2 aromatic carbocycles. The number of nitrogens with zero attached hydrogens (tertiary/aromatic N) is 4. The van der Waals surface area contributed by atoms with Crippen molar-refractivity contribution in [3.8, 4) is 28.4 Å². The van der Waals surface area contributed by atoms with E-state index in [0.29, 0.717) is 24.3 Å². The van der Waals surface area contributed by atoms with Crippen LogP contribution in [0.1, 0.15) is 67.7 Å². The van der Waals surface area contributed by atoms with Crippen LogP contribution < -0.4 is 5.32 Å². The smallest absolute Gasteiger partial charge is 0.223 e. The van der Waals surface area contributed by atoms with Crippen LogP contribution in [-0.2, 0) is 13.0 Å². The molecule has 0 saturated heterocycles. The van der Waals surface area contributed by atoms with E-state index in [1.807, 2.05) is 25.1 Å². The van der Waals surface area contributed by atoms with E-state index in [1.54, 1.807) is 12.3 Å². The number of aromatic hydroxyl groups is 1. The second-order valence-electron chi connectivity index (χ2n) is 11.3. The lowest BCUT2D eigenvalue weighted by Crippen LogP contribution is -2.06. The van der Waals surface area contributed by atoms with Gasteiger partial charge in [-0.25, -0.2) is 15.0 Å². The van der Waals surface area contributed by atoms with E-state index in [0.717, 1.165) is 45.8 Å². The zero-order valence-corrected chi connectivity index (χ0v) is 23.6. The summed E-state index contributed by atoms with van der Waals surface area (Å²) in [5, 5.41) is 13.6. The van der Waals surface area contributed by atoms with Gasteiger partial charge in [0.05, 0.1) is 17.1 Å². The van der Waals surface area contributed by atoms with Gasteiger partial charge in [0, 0.05) is 30.1 Å². The van der Waals surface area contributed by atoms with Crippen LogP contribution in [0.15, 0.2) is 73.1 Å². The van der Waals surface area contributed by atoms with Crippen LogP contribution in [-0.4, -0.2) is 24.5 Å². The number of nitrogens with one attached hydrogen (secondary N) is 1. The molecule has 0 aliphatic heterocycles. The molecule has 40 heavy (non-hydrogen) atoms. The molecule has 6 nitrogen and oxygen atoms in total. The van der Waals surface area contributed by atoms with Crippen LogP contribution >= 0.6 is 0 Å². The van der Waals surface area contributed by atoms with Gasteiger partial charge in [-0.05, 0) is 79.0 Å². The van der Waals surface area contributed by atoms with Gasteiger partial charge < -0.3 is 10.4 Å². The number of anilines is 1. The van der Waals surface area contributed by atoms with Crippen molar-refractivity contribution >= 4 is 11.6 Å². The molecule has 0 radical (unpaired) electrons. The van der Waals surface area contributed by atoms with Crippen LogP contribution in [0.3, 0.4) is 0 Å². The maximum atomic E-state index is 10.3. The molecule has 3 aromatic heterocycles. The van der Waals surface area contributed by atoms with Gasteiger partial charge in [0.1, 0.15) is 11.4 Å². The number of phenolic OH excluding ortho intramolecular Hbond substituents is 1. The Balaban J connectivity index is 1.38. The molecule has 3 heterocycles. The largest absolute Gasteiger partial charge is 0.508 e. The fraction of sp³-hybridized carbons (Fsp3) is 0.324. The van der Waals surface area contributed by atoms with Gasteiger partial charge in [-0.3, -0.25) is 4.40 Å². The van der Waals surface area contributed by atoms with Gasteiger partial charge in [-0.1, -0.05) is 63.1 Å². The second-order valence-corrected chi connectivity index (χ2v) is 11.3. The van der Waals surface area contributed by atoms with E-state index in [4.69, 9.17) is 9.97 Å². The number of phenols is 1. The van der Waals surface area contributed by atoms with E-state index in [1.165, 1.54) is 36.8 Å². The number of rotatable bonds is 10. The second kappa shape index (κ2) is 11.1. The molecule has 2 N–H and O–H groups in total. The van der Waals surface area contributed by atoms with Crippen molar-refractivity contribution in [3.05, 3.63) is 95.3 Å². The minimum atomic E-state index is 0.270. The molecular weight excluding hydrogens is 494 g/mol. The molecule has 1 aliphatic rings. The van der Waals surface area contributed by atoms with Gasteiger partial charge >= 0.3 is 0 Å². The number of aryl methyl sites for hydroxylation is 1. The van der Waals surface area contributed by atoms with Crippen LogP contribution in [0.25, 0.3) is 28.3 Å². The lowest BCUT2D eigenvalue weighted by Gasteiger charge is -2.12. The number of aromatic nitrogens is 4. The predicted octanol–water partition coefficient (Wildman–Crippen LogP) is 7.94. The highest BCUT2D eigenvalue weighted by Gasteiger charge is 2.24. The summed E-state index contributed by atoms with van der Waals surface area (Å²) in [6.45, 7) is 6.99. The first kappa shape index (κ1) is 26.1. The third-order valence-electron chi connectivity index (χ3n) is 8.00. The molecule has 0 amide bonds. The van der Waals surface area contributed by atoms with Crippen molar-refractivity contribution in [1.82, 2.24) is 19.4 Å². The van der Waals surface area contributed by atoms with Crippen LogP contribution in [0.5, 0.6) is 5.75 Å². The normalized spacial score (nSPS) is 14.0. The van der Waals surface area contributed by atoms with Gasteiger partial charge in [0.15, 0.2) is 0 Å². The SMILES string of the molecule is CCCC(C)Cc1ccn2c(-c3ccnc(NCc4c(C)cccc4O)n3)c(-c3ccc(C4CC4)cc3)nc2c1. The van der Waals surface area contributed by atoms with Crippen LogP contribution in [0, 0.1) is 12.8 Å². The highest BCUT2D eigenvalue weighted by molar-refractivity contribution is 5.81. The molecular formula is C34H37N5O. The van der Waals surface area contributed by atoms with Crippen molar-refractivity contribution in [2.45, 2.75) is 65.3 Å². The van der Waals surface area contributed by atoms with Crippen LogP contribution in [0.4, 0.5) is 5.95 Å². The standard InChI is InChI=1S/C34H37N5O/c1-4-6-22(2)19-24-16-18-39-31(20-24)38-32(27-13-11-26(12-14-27)25-9-10-25)33(39)29-15-17-35-34(37-29)36-21-28-23(3)7-5-8-30(28)40/h5,7-8,11-18,20,22,25,40H,4,6,9-10,19,21H2,1-3H3,(H,35,36,37). The molecule has 6 rings (SSSR count). The monoisotopic (exact) mass is 531 g/mol. The topological polar surface area (TPSA) is 75.3 Å². The Labute approximate surface area is 236 Å². The van der Waals surface area contributed by atoms with E-state index in [9.17, 15) is 5.11 Å². The summed E-state index contributed by atoms with van der Waals surface area (Å²) < 4.78 is 2.15. The Hall–Kier alpha value is -4.19. The highest BCUT2D eigenvalue weighted by atomic mass is 16.3. The Kier molecular flexibility index (Phi) is 7.25. The minimum absolute atomic E-state index is 0.270. The quantitative estimate of drug-likeness (QED) is 0.191. The lowest BCUT2D eigenvalue weighted by molar-refractivity contribution is 0.468. The number of hydrogen-bond donors (Lipinski definition) is 2.